The quantitative estimate of drug-likeness (QED) is 0.396. The van der Waals surface area contributed by atoms with Crippen molar-refractivity contribution in [2.75, 3.05) is 39.3 Å². The Morgan fingerprint density at radius 3 is 2.74 bits per heavy atom. The van der Waals surface area contributed by atoms with Gasteiger partial charge in [0.15, 0.2) is 0 Å². The number of carbonyl (C=O) groups excluding carboxylic acids is 3. The van der Waals surface area contributed by atoms with Gasteiger partial charge in [0.1, 0.15) is 6.61 Å². The van der Waals surface area contributed by atoms with Crippen LogP contribution < -0.4 is 16.0 Å². The molecule has 4 aliphatic carbocycles. The number of rotatable bonds is 5. The second-order valence-electron chi connectivity index (χ2n) is 13.7. The molecule has 0 aromatic rings. The molecule has 216 valence electrons. The summed E-state index contributed by atoms with van der Waals surface area (Å²) in [4.78, 5) is 38.2. The van der Waals surface area contributed by atoms with Crippen LogP contribution in [0.15, 0.2) is 11.6 Å². The number of nitrogens with zero attached hydrogens (tertiary/aromatic N) is 1. The summed E-state index contributed by atoms with van der Waals surface area (Å²) in [6.07, 6.45) is 10.7. The van der Waals surface area contributed by atoms with Crippen molar-refractivity contribution in [3.05, 3.63) is 11.6 Å². The molecule has 0 aromatic heterocycles. The molecule has 2 heterocycles. The van der Waals surface area contributed by atoms with Crippen LogP contribution in [-0.2, 0) is 14.3 Å². The maximum Gasteiger partial charge on any atom is 0.331 e. The maximum absolute atomic E-state index is 12.7. The van der Waals surface area contributed by atoms with Crippen molar-refractivity contribution in [1.29, 1.82) is 0 Å². The van der Waals surface area contributed by atoms with Gasteiger partial charge in [-0.25, -0.2) is 9.59 Å². The van der Waals surface area contributed by atoms with E-state index >= 15 is 0 Å². The predicted octanol–water partition coefficient (Wildman–Crippen LogP) is 2.34. The fraction of sp³-hybridized carbons (Fsp3) is 0.833. The molecule has 8 atom stereocenters. The normalized spacial score (nSPS) is 43.6. The summed E-state index contributed by atoms with van der Waals surface area (Å²) in [7, 11) is 0. The highest BCUT2D eigenvalue weighted by molar-refractivity contribution is 5.85. The number of hydrogen-bond donors (Lipinski definition) is 4. The van der Waals surface area contributed by atoms with Gasteiger partial charge in [0, 0.05) is 43.7 Å². The lowest BCUT2D eigenvalue weighted by Crippen LogP contribution is -2.63. The van der Waals surface area contributed by atoms with Gasteiger partial charge in [-0.2, -0.15) is 0 Å². The van der Waals surface area contributed by atoms with E-state index in [9.17, 15) is 19.5 Å². The van der Waals surface area contributed by atoms with Crippen LogP contribution in [0.1, 0.15) is 71.6 Å². The monoisotopic (exact) mass is 542 g/mol. The van der Waals surface area contributed by atoms with Gasteiger partial charge in [-0.1, -0.05) is 13.8 Å². The van der Waals surface area contributed by atoms with Crippen LogP contribution in [0.2, 0.25) is 0 Å². The van der Waals surface area contributed by atoms with Crippen LogP contribution in [0.4, 0.5) is 4.79 Å². The summed E-state index contributed by atoms with van der Waals surface area (Å²) in [6.45, 7) is 7.99. The fourth-order valence-corrected chi connectivity index (χ4v) is 9.96. The number of amides is 3. The van der Waals surface area contributed by atoms with Crippen LogP contribution in [0, 0.1) is 34.5 Å². The maximum atomic E-state index is 12.7. The van der Waals surface area contributed by atoms with Crippen molar-refractivity contribution in [1.82, 2.24) is 20.9 Å². The third kappa shape index (κ3) is 4.48. The zero-order valence-corrected chi connectivity index (χ0v) is 23.6. The lowest BCUT2D eigenvalue weighted by Gasteiger charge is -2.63. The molecule has 9 nitrogen and oxygen atoms in total. The van der Waals surface area contributed by atoms with Crippen molar-refractivity contribution in [3.8, 4) is 0 Å². The molecule has 39 heavy (non-hydrogen) atoms. The van der Waals surface area contributed by atoms with E-state index in [-0.39, 0.29) is 40.7 Å². The van der Waals surface area contributed by atoms with Gasteiger partial charge in [-0.05, 0) is 92.4 Å². The summed E-state index contributed by atoms with van der Waals surface area (Å²) in [5, 5.41) is 21.6. The van der Waals surface area contributed by atoms with Crippen LogP contribution >= 0.6 is 0 Å². The van der Waals surface area contributed by atoms with Gasteiger partial charge in [-0.15, -0.1) is 0 Å². The van der Waals surface area contributed by atoms with Crippen molar-refractivity contribution < 1.29 is 24.2 Å². The van der Waals surface area contributed by atoms with Crippen LogP contribution in [-0.4, -0.2) is 78.9 Å². The molecular weight excluding hydrogens is 496 g/mol. The molecule has 0 unspecified atom stereocenters. The summed E-state index contributed by atoms with van der Waals surface area (Å²) in [5.41, 5.74) is 0.368. The predicted molar refractivity (Wildman–Crippen MR) is 145 cm³/mol. The molecule has 4 saturated carbocycles. The van der Waals surface area contributed by atoms with Gasteiger partial charge >= 0.3 is 12.0 Å². The molecule has 5 fully saturated rings. The zero-order chi connectivity index (χ0) is 27.4. The Bertz CT molecular complexity index is 1050. The molecule has 0 aromatic carbocycles. The van der Waals surface area contributed by atoms with Crippen LogP contribution in [0.5, 0.6) is 0 Å². The number of fused-ring (bicyclic) bond motifs is 5. The Hall–Kier alpha value is -2.13. The number of urea groups is 1. The van der Waals surface area contributed by atoms with E-state index in [1.165, 1.54) is 0 Å². The van der Waals surface area contributed by atoms with E-state index in [1.807, 2.05) is 0 Å². The zero-order valence-electron chi connectivity index (χ0n) is 23.6. The fourth-order valence-electron chi connectivity index (χ4n) is 9.96. The minimum absolute atomic E-state index is 0.0891. The first kappa shape index (κ1) is 27.1. The van der Waals surface area contributed by atoms with Crippen molar-refractivity contribution >= 4 is 17.9 Å². The lowest BCUT2D eigenvalue weighted by molar-refractivity contribution is -0.204. The molecule has 9 heteroatoms. The van der Waals surface area contributed by atoms with E-state index in [4.69, 9.17) is 4.74 Å². The summed E-state index contributed by atoms with van der Waals surface area (Å²) < 4.78 is 5.25. The lowest BCUT2D eigenvalue weighted by atomic mass is 9.43. The molecule has 1 saturated heterocycles. The Kier molecular flexibility index (Phi) is 6.97. The minimum Gasteiger partial charge on any atom is -0.458 e. The average molecular weight is 543 g/mol. The second-order valence-corrected chi connectivity index (χ2v) is 13.7. The number of carbonyl (C=O) groups is 3. The van der Waals surface area contributed by atoms with Gasteiger partial charge in [0.2, 0.25) is 5.91 Å². The minimum atomic E-state index is -0.693. The number of hydrogen-bond acceptors (Lipinski definition) is 6. The van der Waals surface area contributed by atoms with Crippen LogP contribution in [0.25, 0.3) is 0 Å². The second kappa shape index (κ2) is 10.1. The molecule has 6 rings (SSSR count). The van der Waals surface area contributed by atoms with Gasteiger partial charge < -0.3 is 30.7 Å². The van der Waals surface area contributed by atoms with E-state index in [0.717, 1.165) is 69.9 Å². The number of nitrogens with one attached hydrogen (secondary N) is 3. The standard InChI is InChI=1S/C30H46N4O5/c1-28-8-5-21(33-27(37)32-12-14-34-13-11-31-17-25(34)35)16-20(28)3-4-24-23(28)6-9-29(2)22(7-10-30(24,29)38)19-15-26(36)39-18-19/h15,20-24,31,38H,3-14,16-18H2,1-2H3,(H2,32,33,37)/t20-,21+,22-,23+,24-,28+,29-,30+/m1/s1. The number of piperazine rings is 1. The third-order valence-electron chi connectivity index (χ3n) is 12.2. The van der Waals surface area contributed by atoms with Gasteiger partial charge in [0.25, 0.3) is 0 Å². The largest absolute Gasteiger partial charge is 0.458 e. The summed E-state index contributed by atoms with van der Waals surface area (Å²) >= 11 is 0. The highest BCUT2D eigenvalue weighted by Crippen LogP contribution is 2.69. The molecule has 0 bridgehead atoms. The first-order valence-corrected chi connectivity index (χ1v) is 15.3. The number of aliphatic hydroxyl groups is 1. The van der Waals surface area contributed by atoms with E-state index in [0.29, 0.717) is 50.5 Å². The van der Waals surface area contributed by atoms with E-state index in [1.54, 1.807) is 11.0 Å². The Balaban J connectivity index is 1.06. The van der Waals surface area contributed by atoms with Crippen LogP contribution in [0.3, 0.4) is 0 Å². The van der Waals surface area contributed by atoms with E-state index in [2.05, 4.69) is 29.8 Å². The number of esters is 1. The van der Waals surface area contributed by atoms with E-state index < -0.39 is 5.60 Å². The SMILES string of the molecule is C[C@]12CC[C@H](NC(=O)NCCN3CCNCC3=O)C[C@H]1CC[C@@H]1[C@@H]2CC[C@]2(C)[C@@H](C3=CC(=O)OC3)CC[C@]12O. The number of ether oxygens (including phenoxy) is 1. The highest BCUT2D eigenvalue weighted by atomic mass is 16.5. The molecule has 6 aliphatic rings. The number of cyclic esters (lactones) is 1. The van der Waals surface area contributed by atoms with Gasteiger partial charge in [0.05, 0.1) is 12.1 Å². The molecule has 0 radical (unpaired) electrons. The van der Waals surface area contributed by atoms with Crippen molar-refractivity contribution in [3.63, 3.8) is 0 Å². The Morgan fingerprint density at radius 1 is 1.13 bits per heavy atom. The third-order valence-corrected chi connectivity index (χ3v) is 12.2. The highest BCUT2D eigenvalue weighted by Gasteiger charge is 2.67. The Labute approximate surface area is 231 Å². The average Bonchev–Trinajstić information content (AvgIpc) is 3.45. The Morgan fingerprint density at radius 2 is 1.97 bits per heavy atom. The van der Waals surface area contributed by atoms with Gasteiger partial charge in [-0.3, -0.25) is 4.79 Å². The molecule has 2 aliphatic heterocycles. The van der Waals surface area contributed by atoms with Crippen molar-refractivity contribution in [2.24, 2.45) is 34.5 Å². The summed E-state index contributed by atoms with van der Waals surface area (Å²) in [6, 6.07) is 0.0309. The first-order valence-electron chi connectivity index (χ1n) is 15.3. The molecule has 4 N–H and O–H groups in total. The molecular formula is C30H46N4O5. The molecule has 3 amide bonds. The topological polar surface area (TPSA) is 120 Å². The molecule has 0 spiro atoms. The smallest absolute Gasteiger partial charge is 0.331 e. The first-order chi connectivity index (χ1) is 18.6. The summed E-state index contributed by atoms with van der Waals surface area (Å²) in [5.74, 6) is 1.41. The van der Waals surface area contributed by atoms with Crippen molar-refractivity contribution in [2.45, 2.75) is 83.3 Å².